The zero-order chi connectivity index (χ0) is 17.4. The fourth-order valence-electron chi connectivity index (χ4n) is 2.68. The predicted octanol–water partition coefficient (Wildman–Crippen LogP) is 3.08. The average molecular weight is 337 g/mol. The van der Waals surface area contributed by atoms with Crippen molar-refractivity contribution in [1.29, 1.82) is 5.26 Å². The SMILES string of the molecule is CC(C)c1c(C#N)c(N)nc2sc(C(=O)c3ccccn3)c(N)c12. The summed E-state index contributed by atoms with van der Waals surface area (Å²) in [6.45, 7) is 3.90. The number of nitrogen functional groups attached to an aromatic ring is 2. The average Bonchev–Trinajstić information content (AvgIpc) is 2.89. The van der Waals surface area contributed by atoms with Crippen LogP contribution < -0.4 is 11.5 Å². The van der Waals surface area contributed by atoms with Crippen LogP contribution in [0.3, 0.4) is 0 Å². The van der Waals surface area contributed by atoms with Gasteiger partial charge in [-0.05, 0) is 23.6 Å². The van der Waals surface area contributed by atoms with Crippen LogP contribution in [0.4, 0.5) is 11.5 Å². The van der Waals surface area contributed by atoms with Crippen LogP contribution in [0, 0.1) is 11.3 Å². The molecule has 6 nitrogen and oxygen atoms in total. The molecule has 24 heavy (non-hydrogen) atoms. The fraction of sp³-hybridized carbons (Fsp3) is 0.176. The number of rotatable bonds is 3. The Labute approximate surface area is 142 Å². The van der Waals surface area contributed by atoms with E-state index < -0.39 is 0 Å². The maximum Gasteiger partial charge on any atom is 0.223 e. The summed E-state index contributed by atoms with van der Waals surface area (Å²) in [5, 5.41) is 10.0. The van der Waals surface area contributed by atoms with Crippen LogP contribution in [0.1, 0.15) is 46.3 Å². The number of carbonyl (C=O) groups excluding carboxylic acids is 1. The molecule has 3 aromatic heterocycles. The number of pyridine rings is 2. The molecule has 0 saturated carbocycles. The summed E-state index contributed by atoms with van der Waals surface area (Å²) in [5.41, 5.74) is 13.9. The number of aromatic nitrogens is 2. The summed E-state index contributed by atoms with van der Waals surface area (Å²) in [6.07, 6.45) is 1.56. The molecule has 120 valence electrons. The third-order valence-electron chi connectivity index (χ3n) is 3.74. The quantitative estimate of drug-likeness (QED) is 0.709. The van der Waals surface area contributed by atoms with Gasteiger partial charge >= 0.3 is 0 Å². The van der Waals surface area contributed by atoms with Gasteiger partial charge in [0.25, 0.3) is 0 Å². The van der Waals surface area contributed by atoms with E-state index in [-0.39, 0.29) is 17.5 Å². The maximum absolute atomic E-state index is 12.7. The smallest absolute Gasteiger partial charge is 0.223 e. The molecule has 0 unspecified atom stereocenters. The summed E-state index contributed by atoms with van der Waals surface area (Å²) in [6, 6.07) is 7.22. The molecular formula is C17H15N5OS. The largest absolute Gasteiger partial charge is 0.397 e. The van der Waals surface area contributed by atoms with Crippen LogP contribution in [-0.4, -0.2) is 15.8 Å². The fourth-order valence-corrected chi connectivity index (χ4v) is 3.74. The molecule has 0 atom stereocenters. The normalized spacial score (nSPS) is 10.9. The van der Waals surface area contributed by atoms with Crippen molar-refractivity contribution in [2.45, 2.75) is 19.8 Å². The number of anilines is 2. The van der Waals surface area contributed by atoms with Crippen molar-refractivity contribution in [2.24, 2.45) is 0 Å². The summed E-state index contributed by atoms with van der Waals surface area (Å²) in [4.78, 5) is 22.0. The first-order valence-corrected chi connectivity index (χ1v) is 8.14. The number of thiophene rings is 1. The summed E-state index contributed by atoms with van der Waals surface area (Å²) in [7, 11) is 0. The highest BCUT2D eigenvalue weighted by Crippen LogP contribution is 2.41. The highest BCUT2D eigenvalue weighted by molar-refractivity contribution is 7.21. The van der Waals surface area contributed by atoms with Gasteiger partial charge in [-0.3, -0.25) is 9.78 Å². The standard InChI is InChI=1S/C17H15N5OS/c1-8(2)11-9(7-18)16(20)22-17-12(11)13(19)15(24-17)14(23)10-5-3-4-6-21-10/h3-6,8H,19H2,1-2H3,(H2,20,22). The minimum Gasteiger partial charge on any atom is -0.397 e. The molecule has 7 heteroatoms. The minimum atomic E-state index is -0.261. The highest BCUT2D eigenvalue weighted by Gasteiger charge is 2.25. The van der Waals surface area contributed by atoms with Crippen LogP contribution in [0.15, 0.2) is 24.4 Å². The molecule has 3 rings (SSSR count). The van der Waals surface area contributed by atoms with Crippen LogP contribution in [-0.2, 0) is 0 Å². The molecule has 0 saturated heterocycles. The highest BCUT2D eigenvalue weighted by atomic mass is 32.1. The summed E-state index contributed by atoms with van der Waals surface area (Å²) in [5.74, 6) is -0.0863. The van der Waals surface area contributed by atoms with Crippen molar-refractivity contribution in [3.63, 3.8) is 0 Å². The Morgan fingerprint density at radius 1 is 1.33 bits per heavy atom. The van der Waals surface area contributed by atoms with Gasteiger partial charge in [-0.15, -0.1) is 11.3 Å². The van der Waals surface area contributed by atoms with Crippen molar-refractivity contribution >= 4 is 38.8 Å². The molecule has 0 aliphatic carbocycles. The van der Waals surface area contributed by atoms with E-state index in [0.717, 1.165) is 5.56 Å². The number of ketones is 1. The second-order valence-corrected chi connectivity index (χ2v) is 6.62. The van der Waals surface area contributed by atoms with Crippen LogP contribution in [0.2, 0.25) is 0 Å². The predicted molar refractivity (Wildman–Crippen MR) is 94.9 cm³/mol. The van der Waals surface area contributed by atoms with Gasteiger partial charge in [0.15, 0.2) is 0 Å². The Balaban J connectivity index is 2.31. The first-order valence-electron chi connectivity index (χ1n) is 7.32. The Morgan fingerprint density at radius 2 is 2.08 bits per heavy atom. The summed E-state index contributed by atoms with van der Waals surface area (Å²) >= 11 is 1.18. The lowest BCUT2D eigenvalue weighted by Crippen LogP contribution is -2.05. The van der Waals surface area contributed by atoms with Gasteiger partial charge in [-0.2, -0.15) is 5.26 Å². The Bertz CT molecular complexity index is 986. The van der Waals surface area contributed by atoms with Crippen molar-refractivity contribution in [3.8, 4) is 6.07 Å². The number of nitrogens with zero attached hydrogens (tertiary/aromatic N) is 3. The molecule has 0 aliphatic rings. The lowest BCUT2D eigenvalue weighted by atomic mass is 9.94. The van der Waals surface area contributed by atoms with E-state index in [9.17, 15) is 10.1 Å². The zero-order valence-electron chi connectivity index (χ0n) is 13.2. The number of hydrogen-bond acceptors (Lipinski definition) is 7. The number of fused-ring (bicyclic) bond motifs is 1. The second-order valence-electron chi connectivity index (χ2n) is 5.62. The topological polar surface area (TPSA) is 119 Å². The lowest BCUT2D eigenvalue weighted by Gasteiger charge is -2.12. The molecular weight excluding hydrogens is 322 g/mol. The molecule has 4 N–H and O–H groups in total. The zero-order valence-corrected chi connectivity index (χ0v) is 14.0. The Kier molecular flexibility index (Phi) is 3.91. The van der Waals surface area contributed by atoms with E-state index in [1.807, 2.05) is 13.8 Å². The van der Waals surface area contributed by atoms with E-state index in [0.29, 0.717) is 32.0 Å². The van der Waals surface area contributed by atoms with E-state index in [4.69, 9.17) is 11.5 Å². The first-order chi connectivity index (χ1) is 11.5. The van der Waals surface area contributed by atoms with E-state index in [2.05, 4.69) is 16.0 Å². The molecule has 0 aromatic carbocycles. The third kappa shape index (κ3) is 2.37. The van der Waals surface area contributed by atoms with E-state index in [1.165, 1.54) is 11.3 Å². The molecule has 0 fully saturated rings. The Morgan fingerprint density at radius 3 is 2.67 bits per heavy atom. The van der Waals surface area contributed by atoms with Crippen LogP contribution in [0.5, 0.6) is 0 Å². The van der Waals surface area contributed by atoms with Crippen LogP contribution in [0.25, 0.3) is 10.2 Å². The molecule has 0 radical (unpaired) electrons. The van der Waals surface area contributed by atoms with Crippen molar-refractivity contribution in [1.82, 2.24) is 9.97 Å². The monoisotopic (exact) mass is 337 g/mol. The third-order valence-corrected chi connectivity index (χ3v) is 4.83. The number of carbonyl (C=O) groups is 1. The molecule has 0 aliphatic heterocycles. The van der Waals surface area contributed by atoms with Crippen LogP contribution >= 0.6 is 11.3 Å². The molecule has 3 aromatic rings. The van der Waals surface area contributed by atoms with Crippen molar-refractivity contribution in [2.75, 3.05) is 11.5 Å². The molecule has 0 amide bonds. The maximum atomic E-state index is 12.7. The minimum absolute atomic E-state index is 0.0159. The Hall–Kier alpha value is -2.98. The molecule has 3 heterocycles. The first kappa shape index (κ1) is 15.9. The van der Waals surface area contributed by atoms with Gasteiger partial charge in [0.05, 0.1) is 11.3 Å². The molecule has 0 spiro atoms. The van der Waals surface area contributed by atoms with Gasteiger partial charge < -0.3 is 11.5 Å². The second kappa shape index (κ2) is 5.91. The van der Waals surface area contributed by atoms with E-state index >= 15 is 0 Å². The number of hydrogen-bond donors (Lipinski definition) is 2. The van der Waals surface area contributed by atoms with Gasteiger partial charge in [-0.25, -0.2) is 4.98 Å². The van der Waals surface area contributed by atoms with Gasteiger partial charge in [-0.1, -0.05) is 19.9 Å². The van der Waals surface area contributed by atoms with Gasteiger partial charge in [0, 0.05) is 11.6 Å². The number of nitriles is 1. The number of nitrogens with two attached hydrogens (primary N) is 2. The van der Waals surface area contributed by atoms with Crippen molar-refractivity contribution < 1.29 is 4.79 Å². The molecule has 0 bridgehead atoms. The van der Waals surface area contributed by atoms with Gasteiger partial charge in [0.1, 0.15) is 27.3 Å². The van der Waals surface area contributed by atoms with Gasteiger partial charge in [0.2, 0.25) is 5.78 Å². The van der Waals surface area contributed by atoms with Crippen molar-refractivity contribution in [3.05, 3.63) is 46.1 Å². The lowest BCUT2D eigenvalue weighted by molar-refractivity contribution is 0.103. The summed E-state index contributed by atoms with van der Waals surface area (Å²) < 4.78 is 0. The van der Waals surface area contributed by atoms with E-state index in [1.54, 1.807) is 24.4 Å².